The first-order chi connectivity index (χ1) is 7.40. The van der Waals surface area contributed by atoms with Crippen LogP contribution in [0, 0.1) is 0 Å². The maximum absolute atomic E-state index is 3.67. The third kappa shape index (κ3) is 2.03. The molecule has 0 spiro atoms. The molecular formula is C9H16N6. The third-order valence-corrected chi connectivity index (χ3v) is 2.81. The van der Waals surface area contributed by atoms with Gasteiger partial charge in [-0.2, -0.15) is 0 Å². The van der Waals surface area contributed by atoms with E-state index in [1.54, 1.807) is 18.7 Å². The van der Waals surface area contributed by atoms with Gasteiger partial charge in [-0.15, -0.1) is 0 Å². The van der Waals surface area contributed by atoms with E-state index in [1.165, 1.54) is 40.0 Å². The van der Waals surface area contributed by atoms with Crippen molar-refractivity contribution in [2.75, 3.05) is 40.0 Å². The molecule has 5 rings (SSSR count). The molecule has 4 aliphatic rings. The molecule has 5 heterocycles. The minimum absolute atomic E-state index is 1.19. The van der Waals surface area contributed by atoms with Crippen LogP contribution < -0.4 is 0 Å². The summed E-state index contributed by atoms with van der Waals surface area (Å²) in [5.41, 5.74) is 0. The Morgan fingerprint density at radius 1 is 0.800 bits per heavy atom. The highest BCUT2D eigenvalue weighted by Gasteiger charge is 2.36. The Kier molecular flexibility index (Phi) is 2.41. The lowest BCUT2D eigenvalue weighted by Gasteiger charge is -2.56. The molecule has 0 aromatic carbocycles. The number of nitrogens with zero attached hydrogens (tertiary/aromatic N) is 5. The van der Waals surface area contributed by atoms with Crippen LogP contribution in [0.2, 0.25) is 0 Å². The lowest BCUT2D eigenvalue weighted by atomic mass is 10.4. The van der Waals surface area contributed by atoms with Crippen molar-refractivity contribution in [1.29, 1.82) is 0 Å². The maximum Gasteiger partial charge on any atom is 0.0919 e. The molecule has 0 aliphatic carbocycles. The summed E-state index contributed by atoms with van der Waals surface area (Å²) in [5.74, 6) is 0. The molecule has 0 unspecified atom stereocenters. The van der Waals surface area contributed by atoms with E-state index in [-0.39, 0.29) is 0 Å². The summed E-state index contributed by atoms with van der Waals surface area (Å²) in [6, 6.07) is 0. The minimum Gasteiger partial charge on any atom is -0.351 e. The summed E-state index contributed by atoms with van der Waals surface area (Å²) < 4.78 is 0. The SMILES string of the molecule is C1N2CN3CN1CN(C2)C3.c1c[nH]cn1. The predicted molar refractivity (Wildman–Crippen MR) is 55.1 cm³/mol. The van der Waals surface area contributed by atoms with Gasteiger partial charge in [0.15, 0.2) is 0 Å². The highest BCUT2D eigenvalue weighted by molar-refractivity contribution is 4.79. The van der Waals surface area contributed by atoms with Crippen molar-refractivity contribution >= 4 is 0 Å². The van der Waals surface area contributed by atoms with E-state index < -0.39 is 0 Å². The molecular weight excluding hydrogens is 192 g/mol. The summed E-state index contributed by atoms with van der Waals surface area (Å²) in [6.07, 6.45) is 5.08. The largest absolute Gasteiger partial charge is 0.351 e. The highest BCUT2D eigenvalue weighted by Crippen LogP contribution is 2.20. The van der Waals surface area contributed by atoms with Gasteiger partial charge in [0.05, 0.1) is 46.3 Å². The standard InChI is InChI=1S/C6H12N4.C3H4N2/c1-7-2-9-4-8(1)5-10(3-7)6-9;1-2-5-3-4-1/h1-6H2;1-3H,(H,4,5). The molecule has 0 atom stereocenters. The van der Waals surface area contributed by atoms with Crippen molar-refractivity contribution in [3.05, 3.63) is 18.7 Å². The van der Waals surface area contributed by atoms with Gasteiger partial charge in [0.1, 0.15) is 0 Å². The number of nitrogens with one attached hydrogen (secondary N) is 1. The molecule has 4 aliphatic heterocycles. The first-order valence-electron chi connectivity index (χ1n) is 5.22. The van der Waals surface area contributed by atoms with E-state index in [9.17, 15) is 0 Å². The second-order valence-electron chi connectivity index (χ2n) is 4.29. The van der Waals surface area contributed by atoms with E-state index >= 15 is 0 Å². The molecule has 0 radical (unpaired) electrons. The van der Waals surface area contributed by atoms with Gasteiger partial charge in [-0.05, 0) is 0 Å². The van der Waals surface area contributed by atoms with Crippen molar-refractivity contribution in [2.45, 2.75) is 0 Å². The van der Waals surface area contributed by atoms with E-state index in [1.807, 2.05) is 0 Å². The molecule has 82 valence electrons. The van der Waals surface area contributed by atoms with Gasteiger partial charge in [0, 0.05) is 12.4 Å². The Hall–Kier alpha value is -0.950. The lowest BCUT2D eigenvalue weighted by molar-refractivity contribution is -0.194. The molecule has 1 aromatic rings. The first kappa shape index (κ1) is 9.29. The van der Waals surface area contributed by atoms with Crippen LogP contribution in [0.15, 0.2) is 18.7 Å². The van der Waals surface area contributed by atoms with Gasteiger partial charge >= 0.3 is 0 Å². The van der Waals surface area contributed by atoms with Crippen LogP contribution in [-0.2, 0) is 0 Å². The van der Waals surface area contributed by atoms with Crippen LogP contribution in [0.4, 0.5) is 0 Å². The molecule has 1 N–H and O–H groups in total. The maximum atomic E-state index is 3.67. The Bertz CT molecular complexity index is 224. The summed E-state index contributed by atoms with van der Waals surface area (Å²) in [5, 5.41) is 0. The normalized spacial score (nSPS) is 41.1. The molecule has 15 heavy (non-hydrogen) atoms. The first-order valence-corrected chi connectivity index (χ1v) is 5.22. The average Bonchev–Trinajstić information content (AvgIpc) is 2.72. The monoisotopic (exact) mass is 208 g/mol. The fourth-order valence-electron chi connectivity index (χ4n) is 2.45. The predicted octanol–water partition coefficient (Wildman–Crippen LogP) is -0.610. The third-order valence-electron chi connectivity index (χ3n) is 2.81. The molecule has 1 aromatic heterocycles. The second-order valence-corrected chi connectivity index (χ2v) is 4.29. The summed E-state index contributed by atoms with van der Waals surface area (Å²) in [4.78, 5) is 16.3. The second kappa shape index (κ2) is 3.90. The number of aromatic nitrogens is 2. The van der Waals surface area contributed by atoms with Crippen molar-refractivity contribution in [3.63, 3.8) is 0 Å². The quantitative estimate of drug-likeness (QED) is 0.616. The Balaban J connectivity index is 0.000000123. The molecule has 0 amide bonds. The van der Waals surface area contributed by atoms with Crippen molar-refractivity contribution in [2.24, 2.45) is 0 Å². The van der Waals surface area contributed by atoms with Crippen LogP contribution in [0.5, 0.6) is 0 Å². The minimum atomic E-state index is 1.19. The average molecular weight is 208 g/mol. The molecule has 4 bridgehead atoms. The van der Waals surface area contributed by atoms with E-state index in [2.05, 4.69) is 29.6 Å². The van der Waals surface area contributed by atoms with Crippen molar-refractivity contribution < 1.29 is 0 Å². The molecule has 4 saturated heterocycles. The van der Waals surface area contributed by atoms with Crippen LogP contribution in [-0.4, -0.2) is 69.6 Å². The molecule has 6 nitrogen and oxygen atoms in total. The fraction of sp³-hybridized carbons (Fsp3) is 0.667. The van der Waals surface area contributed by atoms with E-state index in [0.29, 0.717) is 0 Å². The number of rotatable bonds is 0. The summed E-state index contributed by atoms with van der Waals surface area (Å²) >= 11 is 0. The summed E-state index contributed by atoms with van der Waals surface area (Å²) in [7, 11) is 0. The van der Waals surface area contributed by atoms with E-state index in [4.69, 9.17) is 0 Å². The van der Waals surface area contributed by atoms with Gasteiger partial charge in [0.25, 0.3) is 0 Å². The zero-order chi connectivity index (χ0) is 10.1. The smallest absolute Gasteiger partial charge is 0.0919 e. The molecule has 6 heteroatoms. The fourth-order valence-corrected chi connectivity index (χ4v) is 2.45. The number of hydrogen-bond donors (Lipinski definition) is 1. The van der Waals surface area contributed by atoms with Gasteiger partial charge in [-0.1, -0.05) is 0 Å². The lowest BCUT2D eigenvalue weighted by Crippen LogP contribution is -2.71. The van der Waals surface area contributed by atoms with E-state index in [0.717, 1.165) is 0 Å². The Morgan fingerprint density at radius 3 is 1.47 bits per heavy atom. The Morgan fingerprint density at radius 2 is 1.27 bits per heavy atom. The van der Waals surface area contributed by atoms with Gasteiger partial charge in [0.2, 0.25) is 0 Å². The van der Waals surface area contributed by atoms with Crippen LogP contribution in [0.25, 0.3) is 0 Å². The highest BCUT2D eigenvalue weighted by atomic mass is 15.7. The molecule has 0 saturated carbocycles. The van der Waals surface area contributed by atoms with Gasteiger partial charge < -0.3 is 4.98 Å². The number of aromatic amines is 1. The number of imidazole rings is 1. The number of H-pyrrole nitrogens is 1. The molecule has 4 fully saturated rings. The van der Waals surface area contributed by atoms with Crippen LogP contribution in [0.1, 0.15) is 0 Å². The van der Waals surface area contributed by atoms with Crippen LogP contribution in [0.3, 0.4) is 0 Å². The van der Waals surface area contributed by atoms with Gasteiger partial charge in [-0.3, -0.25) is 19.6 Å². The topological polar surface area (TPSA) is 41.6 Å². The zero-order valence-corrected chi connectivity index (χ0v) is 8.71. The van der Waals surface area contributed by atoms with Gasteiger partial charge in [-0.25, -0.2) is 4.98 Å². The van der Waals surface area contributed by atoms with Crippen molar-refractivity contribution in [1.82, 2.24) is 29.6 Å². The number of hydrogen-bond acceptors (Lipinski definition) is 5. The van der Waals surface area contributed by atoms with Crippen molar-refractivity contribution in [3.8, 4) is 0 Å². The van der Waals surface area contributed by atoms with Crippen LogP contribution >= 0.6 is 0 Å². The Labute approximate surface area is 89.1 Å². The zero-order valence-electron chi connectivity index (χ0n) is 8.71. The summed E-state index contributed by atoms with van der Waals surface area (Å²) in [6.45, 7) is 7.12.